The monoisotopic (exact) mass is 300 g/mol. The molecule has 0 aromatic heterocycles. The maximum absolute atomic E-state index is 11.8. The average molecular weight is 301 g/mol. The second-order valence-electron chi connectivity index (χ2n) is 4.82. The summed E-state index contributed by atoms with van der Waals surface area (Å²) in [6.07, 6.45) is 0.781. The topological polar surface area (TPSA) is 50.4 Å². The first kappa shape index (κ1) is 18.7. The predicted molar refractivity (Wildman–Crippen MR) is 84.8 cm³/mol. The van der Waals surface area contributed by atoms with Crippen LogP contribution in [-0.2, 0) is 11.2 Å². The SMILES string of the molecule is CNCC(C)C(=O)NCCc1cc(C)ccc1OC.Cl. The molecule has 5 heteroatoms. The lowest BCUT2D eigenvalue weighted by Crippen LogP contribution is -2.35. The van der Waals surface area contributed by atoms with Crippen molar-refractivity contribution in [2.24, 2.45) is 5.92 Å². The lowest BCUT2D eigenvalue weighted by molar-refractivity contribution is -0.124. The fourth-order valence-electron chi connectivity index (χ4n) is 2.00. The number of aryl methyl sites for hydroxylation is 1. The molecule has 1 amide bonds. The molecular weight excluding hydrogens is 276 g/mol. The molecule has 1 aromatic rings. The molecule has 1 atom stereocenters. The standard InChI is InChI=1S/C15H24N2O2.ClH/c1-11-5-6-14(19-4)13(9-11)7-8-17-15(18)12(2)10-16-3;/h5-6,9,12,16H,7-8,10H2,1-4H3,(H,17,18);1H. The van der Waals surface area contributed by atoms with Gasteiger partial charge in [0.05, 0.1) is 7.11 Å². The molecule has 0 aliphatic heterocycles. The van der Waals surface area contributed by atoms with Gasteiger partial charge in [-0.3, -0.25) is 4.79 Å². The molecule has 2 N–H and O–H groups in total. The predicted octanol–water partition coefficient (Wildman–Crippen LogP) is 1.94. The number of hydrogen-bond donors (Lipinski definition) is 2. The zero-order chi connectivity index (χ0) is 14.3. The maximum atomic E-state index is 11.8. The fourth-order valence-corrected chi connectivity index (χ4v) is 2.00. The Kier molecular flexibility index (Phi) is 9.01. The number of hydrogen-bond acceptors (Lipinski definition) is 3. The smallest absolute Gasteiger partial charge is 0.224 e. The van der Waals surface area contributed by atoms with Gasteiger partial charge in [0.25, 0.3) is 0 Å². The van der Waals surface area contributed by atoms with E-state index in [-0.39, 0.29) is 24.2 Å². The quantitative estimate of drug-likeness (QED) is 0.809. The Morgan fingerprint density at radius 2 is 2.10 bits per heavy atom. The van der Waals surface area contributed by atoms with Crippen LogP contribution in [0.4, 0.5) is 0 Å². The highest BCUT2D eigenvalue weighted by Gasteiger charge is 2.11. The van der Waals surface area contributed by atoms with Crippen LogP contribution in [-0.4, -0.2) is 33.2 Å². The van der Waals surface area contributed by atoms with E-state index in [1.165, 1.54) is 5.56 Å². The summed E-state index contributed by atoms with van der Waals surface area (Å²) >= 11 is 0. The molecule has 20 heavy (non-hydrogen) atoms. The third-order valence-electron chi connectivity index (χ3n) is 3.09. The van der Waals surface area contributed by atoms with E-state index in [0.29, 0.717) is 13.1 Å². The molecule has 1 unspecified atom stereocenters. The number of rotatable bonds is 7. The number of halogens is 1. The Hall–Kier alpha value is -1.26. The van der Waals surface area contributed by atoms with Crippen LogP contribution in [0, 0.1) is 12.8 Å². The van der Waals surface area contributed by atoms with Gasteiger partial charge in [-0.2, -0.15) is 0 Å². The number of nitrogens with one attached hydrogen (secondary N) is 2. The van der Waals surface area contributed by atoms with Gasteiger partial charge in [0.1, 0.15) is 5.75 Å². The van der Waals surface area contributed by atoms with Crippen LogP contribution in [0.3, 0.4) is 0 Å². The molecule has 0 fully saturated rings. The molecule has 4 nitrogen and oxygen atoms in total. The summed E-state index contributed by atoms with van der Waals surface area (Å²) in [5.74, 6) is 0.952. The Balaban J connectivity index is 0.00000361. The van der Waals surface area contributed by atoms with Gasteiger partial charge in [-0.15, -0.1) is 12.4 Å². The number of methoxy groups -OCH3 is 1. The number of ether oxygens (including phenoxy) is 1. The maximum Gasteiger partial charge on any atom is 0.224 e. The first-order chi connectivity index (χ1) is 9.08. The molecule has 0 spiro atoms. The molecule has 0 heterocycles. The normalized spacial score (nSPS) is 11.4. The second-order valence-corrected chi connectivity index (χ2v) is 4.82. The van der Waals surface area contributed by atoms with Crippen molar-refractivity contribution in [1.29, 1.82) is 0 Å². The molecular formula is C15H25ClN2O2. The number of amides is 1. The van der Waals surface area contributed by atoms with Crippen LogP contribution in [0.25, 0.3) is 0 Å². The van der Waals surface area contributed by atoms with Gasteiger partial charge in [0.2, 0.25) is 5.91 Å². The average Bonchev–Trinajstić information content (AvgIpc) is 2.39. The molecule has 1 rings (SSSR count). The van der Waals surface area contributed by atoms with Crippen molar-refractivity contribution in [2.75, 3.05) is 27.2 Å². The van der Waals surface area contributed by atoms with Crippen molar-refractivity contribution in [3.8, 4) is 5.75 Å². The van der Waals surface area contributed by atoms with Gasteiger partial charge in [-0.1, -0.05) is 24.6 Å². The van der Waals surface area contributed by atoms with Gasteiger partial charge in [-0.25, -0.2) is 0 Å². The molecule has 0 saturated carbocycles. The van der Waals surface area contributed by atoms with Gasteiger partial charge >= 0.3 is 0 Å². The highest BCUT2D eigenvalue weighted by molar-refractivity contribution is 5.85. The zero-order valence-corrected chi connectivity index (χ0v) is 13.5. The molecule has 0 radical (unpaired) electrons. The first-order valence-corrected chi connectivity index (χ1v) is 6.64. The summed E-state index contributed by atoms with van der Waals surface area (Å²) in [6.45, 7) is 5.29. The van der Waals surface area contributed by atoms with E-state index in [4.69, 9.17) is 4.74 Å². The minimum atomic E-state index is -0.00981. The van der Waals surface area contributed by atoms with E-state index in [1.54, 1.807) is 7.11 Å². The minimum Gasteiger partial charge on any atom is -0.496 e. The summed E-state index contributed by atoms with van der Waals surface area (Å²) in [5, 5.41) is 5.95. The summed E-state index contributed by atoms with van der Waals surface area (Å²) in [4.78, 5) is 11.8. The Morgan fingerprint density at radius 3 is 2.70 bits per heavy atom. The lowest BCUT2D eigenvalue weighted by atomic mass is 10.1. The van der Waals surface area contributed by atoms with Gasteiger partial charge in [0.15, 0.2) is 0 Å². The number of benzene rings is 1. The third-order valence-corrected chi connectivity index (χ3v) is 3.09. The lowest BCUT2D eigenvalue weighted by Gasteiger charge is -2.13. The van der Waals surface area contributed by atoms with Crippen LogP contribution >= 0.6 is 12.4 Å². The molecule has 114 valence electrons. The summed E-state index contributed by atoms with van der Waals surface area (Å²) in [5.41, 5.74) is 2.33. The van der Waals surface area contributed by atoms with Crippen molar-refractivity contribution >= 4 is 18.3 Å². The van der Waals surface area contributed by atoms with E-state index >= 15 is 0 Å². The zero-order valence-electron chi connectivity index (χ0n) is 12.7. The molecule has 0 bridgehead atoms. The Labute approximate surface area is 127 Å². The first-order valence-electron chi connectivity index (χ1n) is 6.64. The summed E-state index contributed by atoms with van der Waals surface area (Å²) in [7, 11) is 3.52. The van der Waals surface area contributed by atoms with Crippen LogP contribution in [0.1, 0.15) is 18.1 Å². The van der Waals surface area contributed by atoms with E-state index in [2.05, 4.69) is 23.6 Å². The van der Waals surface area contributed by atoms with Gasteiger partial charge in [0, 0.05) is 19.0 Å². The van der Waals surface area contributed by atoms with E-state index in [1.807, 2.05) is 26.1 Å². The van der Waals surface area contributed by atoms with Crippen molar-refractivity contribution in [3.05, 3.63) is 29.3 Å². The Bertz CT molecular complexity index is 424. The molecule has 1 aromatic carbocycles. The van der Waals surface area contributed by atoms with Crippen molar-refractivity contribution in [3.63, 3.8) is 0 Å². The highest BCUT2D eigenvalue weighted by atomic mass is 35.5. The van der Waals surface area contributed by atoms with Crippen molar-refractivity contribution in [1.82, 2.24) is 10.6 Å². The van der Waals surface area contributed by atoms with Gasteiger partial charge in [-0.05, 0) is 32.0 Å². The van der Waals surface area contributed by atoms with Crippen LogP contribution < -0.4 is 15.4 Å². The van der Waals surface area contributed by atoms with Crippen molar-refractivity contribution in [2.45, 2.75) is 20.3 Å². The van der Waals surface area contributed by atoms with E-state index in [0.717, 1.165) is 17.7 Å². The molecule has 0 saturated heterocycles. The van der Waals surface area contributed by atoms with Crippen LogP contribution in [0.15, 0.2) is 18.2 Å². The molecule has 0 aliphatic rings. The molecule has 0 aliphatic carbocycles. The minimum absolute atomic E-state index is 0. The number of carbonyl (C=O) groups is 1. The Morgan fingerprint density at radius 1 is 1.40 bits per heavy atom. The van der Waals surface area contributed by atoms with Gasteiger partial charge < -0.3 is 15.4 Å². The summed E-state index contributed by atoms with van der Waals surface area (Å²) in [6, 6.07) is 6.09. The van der Waals surface area contributed by atoms with E-state index < -0.39 is 0 Å². The number of carbonyl (C=O) groups excluding carboxylic acids is 1. The summed E-state index contributed by atoms with van der Waals surface area (Å²) < 4.78 is 5.32. The largest absolute Gasteiger partial charge is 0.496 e. The van der Waals surface area contributed by atoms with Crippen LogP contribution in [0.2, 0.25) is 0 Å². The van der Waals surface area contributed by atoms with Crippen molar-refractivity contribution < 1.29 is 9.53 Å². The highest BCUT2D eigenvalue weighted by Crippen LogP contribution is 2.19. The second kappa shape index (κ2) is 9.61. The third kappa shape index (κ3) is 5.80. The fraction of sp³-hybridized carbons (Fsp3) is 0.533. The van der Waals surface area contributed by atoms with Crippen LogP contribution in [0.5, 0.6) is 5.75 Å². The van der Waals surface area contributed by atoms with E-state index in [9.17, 15) is 4.79 Å².